The van der Waals surface area contributed by atoms with Crippen LogP contribution in [0, 0.1) is 0 Å². The van der Waals surface area contributed by atoms with Gasteiger partial charge < -0.3 is 9.55 Å². The van der Waals surface area contributed by atoms with Gasteiger partial charge in [0.05, 0.1) is 11.0 Å². The van der Waals surface area contributed by atoms with Gasteiger partial charge >= 0.3 is 0 Å². The summed E-state index contributed by atoms with van der Waals surface area (Å²) < 4.78 is 2.01. The Hall–Kier alpha value is -3.08. The summed E-state index contributed by atoms with van der Waals surface area (Å²) in [6.07, 6.45) is 0. The van der Waals surface area contributed by atoms with Crippen LogP contribution in [0.2, 0.25) is 0 Å². The zero-order chi connectivity index (χ0) is 15.8. The number of aromatic amines is 1. The summed E-state index contributed by atoms with van der Waals surface area (Å²) in [5, 5.41) is 3.92. The lowest BCUT2D eigenvalue weighted by molar-refractivity contribution is 0.101. The number of para-hydroxylation sites is 3. The molecule has 2 heterocycles. The summed E-state index contributed by atoms with van der Waals surface area (Å²) in [5.41, 5.74) is 3.43. The van der Waals surface area contributed by atoms with E-state index < -0.39 is 0 Å². The number of nitrogens with zero attached hydrogens (tertiary/aromatic N) is 2. The van der Waals surface area contributed by atoms with Crippen molar-refractivity contribution < 1.29 is 4.79 Å². The average Bonchev–Trinajstić information content (AvgIpc) is 3.14. The lowest BCUT2D eigenvalue weighted by Crippen LogP contribution is -2.17. The van der Waals surface area contributed by atoms with Crippen LogP contribution < -0.4 is 5.32 Å². The first-order valence-electron chi connectivity index (χ1n) is 7.60. The van der Waals surface area contributed by atoms with Gasteiger partial charge in [-0.15, -0.1) is 0 Å². The summed E-state index contributed by atoms with van der Waals surface area (Å²) in [7, 11) is 0. The van der Waals surface area contributed by atoms with E-state index in [1.165, 1.54) is 0 Å². The van der Waals surface area contributed by atoms with Crippen molar-refractivity contribution in [2.45, 2.75) is 13.5 Å². The second kappa shape index (κ2) is 5.28. The summed E-state index contributed by atoms with van der Waals surface area (Å²) in [4.78, 5) is 20.2. The number of H-pyrrole nitrogens is 1. The number of nitrogens with one attached hydrogen (secondary N) is 2. The van der Waals surface area contributed by atoms with Crippen LogP contribution in [-0.4, -0.2) is 20.4 Å². The molecule has 2 N–H and O–H groups in total. The van der Waals surface area contributed by atoms with Crippen LogP contribution >= 0.6 is 0 Å². The molecule has 23 heavy (non-hydrogen) atoms. The molecule has 0 radical (unpaired) electrons. The minimum absolute atomic E-state index is 0.165. The van der Waals surface area contributed by atoms with E-state index in [2.05, 4.69) is 15.3 Å². The van der Waals surface area contributed by atoms with E-state index in [1.54, 1.807) is 0 Å². The number of aryl methyl sites for hydroxylation is 1. The molecule has 0 fully saturated rings. The fraction of sp³-hybridized carbons (Fsp3) is 0.111. The highest BCUT2D eigenvalue weighted by atomic mass is 16.2. The van der Waals surface area contributed by atoms with Crippen LogP contribution in [0.3, 0.4) is 0 Å². The molecule has 0 unspecified atom stereocenters. The van der Waals surface area contributed by atoms with Gasteiger partial charge in [-0.25, -0.2) is 4.98 Å². The molecular weight excluding hydrogens is 288 g/mol. The normalized spacial score (nSPS) is 11.2. The van der Waals surface area contributed by atoms with E-state index in [4.69, 9.17) is 0 Å². The molecule has 0 bridgehead atoms. The zero-order valence-electron chi connectivity index (χ0n) is 12.7. The number of fused-ring (bicyclic) bond motifs is 2. The molecule has 5 heteroatoms. The number of rotatable bonds is 3. The second-order valence-corrected chi connectivity index (χ2v) is 5.39. The summed E-state index contributed by atoms with van der Waals surface area (Å²) in [5.74, 6) is 0.297. The Bertz CT molecular complexity index is 979. The molecule has 0 aliphatic carbocycles. The van der Waals surface area contributed by atoms with Crippen molar-refractivity contribution in [2.75, 3.05) is 5.32 Å². The third-order valence-corrected chi connectivity index (χ3v) is 3.98. The maximum absolute atomic E-state index is 12.6. The SMILES string of the molecule is CCn1c(C(=O)Nc2nc3ccccc3[nH]2)cc2ccccc21. The molecule has 0 saturated heterocycles. The van der Waals surface area contributed by atoms with Crippen LogP contribution in [0.15, 0.2) is 54.6 Å². The smallest absolute Gasteiger partial charge is 0.274 e. The van der Waals surface area contributed by atoms with Gasteiger partial charge in [0.15, 0.2) is 0 Å². The Labute approximate surface area is 133 Å². The Morgan fingerprint density at radius 3 is 2.78 bits per heavy atom. The minimum atomic E-state index is -0.165. The van der Waals surface area contributed by atoms with Crippen molar-refractivity contribution >= 4 is 33.8 Å². The molecule has 4 aromatic rings. The Morgan fingerprint density at radius 2 is 1.96 bits per heavy atom. The highest BCUT2D eigenvalue weighted by Crippen LogP contribution is 2.21. The third-order valence-electron chi connectivity index (χ3n) is 3.98. The summed E-state index contributed by atoms with van der Waals surface area (Å²) >= 11 is 0. The molecule has 0 spiro atoms. The number of hydrogen-bond acceptors (Lipinski definition) is 2. The number of imidazole rings is 1. The van der Waals surface area contributed by atoms with Crippen molar-refractivity contribution in [3.8, 4) is 0 Å². The standard InChI is InChI=1S/C18H16N4O/c1-2-22-15-10-6-3-7-12(15)11-16(22)17(23)21-18-19-13-8-4-5-9-14(13)20-18/h3-11H,2H2,1H3,(H2,19,20,21,23). The molecule has 5 nitrogen and oxygen atoms in total. The summed E-state index contributed by atoms with van der Waals surface area (Å²) in [6.45, 7) is 2.76. The quantitative estimate of drug-likeness (QED) is 0.605. The molecule has 114 valence electrons. The molecular formula is C18H16N4O. The van der Waals surface area contributed by atoms with E-state index >= 15 is 0 Å². The van der Waals surface area contributed by atoms with Gasteiger partial charge in [0.25, 0.3) is 5.91 Å². The van der Waals surface area contributed by atoms with Crippen LogP contribution in [-0.2, 0) is 6.54 Å². The lowest BCUT2D eigenvalue weighted by atomic mass is 10.2. The number of aromatic nitrogens is 3. The molecule has 0 atom stereocenters. The van der Waals surface area contributed by atoms with Crippen LogP contribution in [0.25, 0.3) is 21.9 Å². The van der Waals surface area contributed by atoms with Crippen molar-refractivity contribution in [3.05, 3.63) is 60.3 Å². The second-order valence-electron chi connectivity index (χ2n) is 5.39. The number of carbonyl (C=O) groups is 1. The van der Waals surface area contributed by atoms with Crippen molar-refractivity contribution in [3.63, 3.8) is 0 Å². The zero-order valence-corrected chi connectivity index (χ0v) is 12.7. The number of amides is 1. The van der Waals surface area contributed by atoms with Crippen molar-refractivity contribution in [2.24, 2.45) is 0 Å². The molecule has 1 amide bonds. The number of hydrogen-bond donors (Lipinski definition) is 2. The van der Waals surface area contributed by atoms with Gasteiger partial charge in [-0.2, -0.15) is 0 Å². The number of benzene rings is 2. The Balaban J connectivity index is 1.71. The van der Waals surface area contributed by atoms with Crippen LogP contribution in [0.4, 0.5) is 5.95 Å². The van der Waals surface area contributed by atoms with Crippen LogP contribution in [0.5, 0.6) is 0 Å². The highest BCUT2D eigenvalue weighted by molar-refractivity contribution is 6.06. The predicted octanol–water partition coefficient (Wildman–Crippen LogP) is 3.79. The topological polar surface area (TPSA) is 62.7 Å². The Morgan fingerprint density at radius 1 is 1.17 bits per heavy atom. The van der Waals surface area contributed by atoms with Gasteiger partial charge in [-0.1, -0.05) is 30.3 Å². The van der Waals surface area contributed by atoms with E-state index in [1.807, 2.05) is 66.1 Å². The third kappa shape index (κ3) is 2.26. The highest BCUT2D eigenvalue weighted by Gasteiger charge is 2.15. The van der Waals surface area contributed by atoms with E-state index in [0.717, 1.165) is 28.5 Å². The van der Waals surface area contributed by atoms with E-state index in [-0.39, 0.29) is 5.91 Å². The van der Waals surface area contributed by atoms with Gasteiger partial charge in [-0.3, -0.25) is 10.1 Å². The maximum Gasteiger partial charge on any atom is 0.274 e. The van der Waals surface area contributed by atoms with Gasteiger partial charge in [0.1, 0.15) is 5.69 Å². The largest absolute Gasteiger partial charge is 0.337 e. The average molecular weight is 304 g/mol. The van der Waals surface area contributed by atoms with E-state index in [0.29, 0.717) is 11.6 Å². The lowest BCUT2D eigenvalue weighted by Gasteiger charge is -2.07. The monoisotopic (exact) mass is 304 g/mol. The first-order valence-corrected chi connectivity index (χ1v) is 7.60. The van der Waals surface area contributed by atoms with Crippen LogP contribution in [0.1, 0.15) is 17.4 Å². The summed E-state index contributed by atoms with van der Waals surface area (Å²) in [6, 6.07) is 17.6. The molecule has 0 saturated carbocycles. The molecule has 2 aromatic carbocycles. The predicted molar refractivity (Wildman–Crippen MR) is 91.7 cm³/mol. The first-order chi connectivity index (χ1) is 11.3. The molecule has 2 aromatic heterocycles. The molecule has 0 aliphatic heterocycles. The molecule has 0 aliphatic rings. The maximum atomic E-state index is 12.6. The van der Waals surface area contributed by atoms with Crippen molar-refractivity contribution in [1.82, 2.24) is 14.5 Å². The minimum Gasteiger partial charge on any atom is -0.337 e. The first kappa shape index (κ1) is 13.6. The number of carbonyl (C=O) groups excluding carboxylic acids is 1. The van der Waals surface area contributed by atoms with Gasteiger partial charge in [0, 0.05) is 17.4 Å². The molecule has 4 rings (SSSR count). The fourth-order valence-corrected chi connectivity index (χ4v) is 2.92. The number of anilines is 1. The van der Waals surface area contributed by atoms with E-state index in [9.17, 15) is 4.79 Å². The Kier molecular flexibility index (Phi) is 3.12. The van der Waals surface area contributed by atoms with Gasteiger partial charge in [0.2, 0.25) is 5.95 Å². The van der Waals surface area contributed by atoms with Crippen molar-refractivity contribution in [1.29, 1.82) is 0 Å². The van der Waals surface area contributed by atoms with Gasteiger partial charge in [-0.05, 0) is 31.2 Å². The fourth-order valence-electron chi connectivity index (χ4n) is 2.92.